The van der Waals surface area contributed by atoms with Gasteiger partial charge in [0.2, 0.25) is 0 Å². The molecule has 0 unspecified atom stereocenters. The molecule has 3 rings (SSSR count). The highest BCUT2D eigenvalue weighted by atomic mass is 15.2. The van der Waals surface area contributed by atoms with Crippen LogP contribution in [-0.4, -0.2) is 29.0 Å². The first-order chi connectivity index (χ1) is 10.3. The van der Waals surface area contributed by atoms with Crippen LogP contribution in [0.15, 0.2) is 54.9 Å². The van der Waals surface area contributed by atoms with Gasteiger partial charge in [-0.05, 0) is 36.6 Å². The van der Waals surface area contributed by atoms with E-state index in [1.807, 2.05) is 12.4 Å². The maximum atomic E-state index is 4.06. The fraction of sp³-hybridized carbons (Fsp3) is 0.389. The van der Waals surface area contributed by atoms with Gasteiger partial charge >= 0.3 is 0 Å². The van der Waals surface area contributed by atoms with Gasteiger partial charge in [-0.25, -0.2) is 0 Å². The third-order valence-electron chi connectivity index (χ3n) is 4.39. The summed E-state index contributed by atoms with van der Waals surface area (Å²) in [6, 6.07) is 16.0. The monoisotopic (exact) mass is 281 g/mol. The molecule has 0 bridgehead atoms. The third-order valence-corrected chi connectivity index (χ3v) is 4.39. The Morgan fingerprint density at radius 2 is 1.95 bits per heavy atom. The van der Waals surface area contributed by atoms with E-state index in [4.69, 9.17) is 0 Å². The van der Waals surface area contributed by atoms with Crippen LogP contribution in [-0.2, 0) is 6.54 Å². The maximum absolute atomic E-state index is 4.06. The van der Waals surface area contributed by atoms with Crippen LogP contribution in [0.1, 0.15) is 30.5 Å². The molecule has 1 N–H and O–H groups in total. The van der Waals surface area contributed by atoms with E-state index in [-0.39, 0.29) is 0 Å². The Bertz CT molecular complexity index is 541. The van der Waals surface area contributed by atoms with Gasteiger partial charge < -0.3 is 5.32 Å². The molecule has 2 aromatic rings. The van der Waals surface area contributed by atoms with Crippen molar-refractivity contribution < 1.29 is 0 Å². The minimum absolute atomic E-state index is 0.499. The summed E-state index contributed by atoms with van der Waals surface area (Å²) in [6.07, 6.45) is 4.94. The van der Waals surface area contributed by atoms with Crippen molar-refractivity contribution in [2.24, 2.45) is 0 Å². The summed E-state index contributed by atoms with van der Waals surface area (Å²) in [6.45, 7) is 5.53. The average molecular weight is 281 g/mol. The van der Waals surface area contributed by atoms with Gasteiger partial charge in [-0.3, -0.25) is 9.88 Å². The van der Waals surface area contributed by atoms with Gasteiger partial charge in [-0.15, -0.1) is 0 Å². The minimum atomic E-state index is 0.499. The zero-order valence-electron chi connectivity index (χ0n) is 12.6. The van der Waals surface area contributed by atoms with Crippen LogP contribution in [0.2, 0.25) is 0 Å². The Balaban J connectivity index is 1.51. The summed E-state index contributed by atoms with van der Waals surface area (Å²) in [7, 11) is 0. The van der Waals surface area contributed by atoms with Gasteiger partial charge in [0.05, 0.1) is 0 Å². The number of pyridine rings is 1. The van der Waals surface area contributed by atoms with E-state index in [2.05, 4.69) is 64.6 Å². The lowest BCUT2D eigenvalue weighted by molar-refractivity contribution is 0.255. The standard InChI is InChI=1S/C18H23N3/c1-15(17-5-3-2-4-6-17)21-12-9-18(14-21)20-13-16-7-10-19-11-8-16/h2-8,10-11,15,18,20H,9,12-14H2,1H3/t15-,18-/m0/s1. The van der Waals surface area contributed by atoms with E-state index < -0.39 is 0 Å². The molecule has 2 atom stereocenters. The molecule has 1 aliphatic rings. The van der Waals surface area contributed by atoms with Gasteiger partial charge in [0.15, 0.2) is 0 Å². The summed E-state index contributed by atoms with van der Waals surface area (Å²) in [4.78, 5) is 6.63. The number of hydrogen-bond donors (Lipinski definition) is 1. The van der Waals surface area contributed by atoms with Crippen LogP contribution >= 0.6 is 0 Å². The Labute approximate surface area is 127 Å². The van der Waals surface area contributed by atoms with E-state index in [0.717, 1.165) is 13.1 Å². The highest BCUT2D eigenvalue weighted by Gasteiger charge is 2.26. The quantitative estimate of drug-likeness (QED) is 0.913. The van der Waals surface area contributed by atoms with Crippen LogP contribution in [0.25, 0.3) is 0 Å². The van der Waals surface area contributed by atoms with Crippen molar-refractivity contribution in [3.8, 4) is 0 Å². The Hall–Kier alpha value is -1.71. The average Bonchev–Trinajstić information content (AvgIpc) is 3.03. The molecule has 1 aromatic carbocycles. The number of nitrogens with one attached hydrogen (secondary N) is 1. The zero-order valence-corrected chi connectivity index (χ0v) is 12.6. The second kappa shape index (κ2) is 6.83. The number of aromatic nitrogens is 1. The molecule has 0 saturated carbocycles. The molecule has 1 saturated heterocycles. The van der Waals surface area contributed by atoms with Crippen molar-refractivity contribution in [1.29, 1.82) is 0 Å². The molecule has 3 heteroatoms. The van der Waals surface area contributed by atoms with Crippen LogP contribution in [0, 0.1) is 0 Å². The lowest BCUT2D eigenvalue weighted by atomic mass is 10.1. The van der Waals surface area contributed by atoms with Gasteiger partial charge in [-0.2, -0.15) is 0 Å². The summed E-state index contributed by atoms with van der Waals surface area (Å²) < 4.78 is 0. The first kappa shape index (κ1) is 14.2. The highest BCUT2D eigenvalue weighted by molar-refractivity contribution is 5.18. The number of likely N-dealkylation sites (tertiary alicyclic amines) is 1. The molecule has 1 fully saturated rings. The Kier molecular flexibility index (Phi) is 4.63. The van der Waals surface area contributed by atoms with Crippen molar-refractivity contribution in [3.63, 3.8) is 0 Å². The molecule has 110 valence electrons. The van der Waals surface area contributed by atoms with E-state index in [1.165, 1.54) is 24.1 Å². The van der Waals surface area contributed by atoms with Crippen LogP contribution in [0.3, 0.4) is 0 Å². The normalized spacial score (nSPS) is 20.5. The predicted molar refractivity (Wildman–Crippen MR) is 85.9 cm³/mol. The molecule has 0 amide bonds. The fourth-order valence-electron chi connectivity index (χ4n) is 3.01. The summed E-state index contributed by atoms with van der Waals surface area (Å²) in [5, 5.41) is 3.66. The maximum Gasteiger partial charge on any atom is 0.0320 e. The first-order valence-corrected chi connectivity index (χ1v) is 7.74. The SMILES string of the molecule is C[C@@H](c1ccccc1)N1CC[C@H](NCc2ccncc2)C1. The van der Waals surface area contributed by atoms with Crippen molar-refractivity contribution >= 4 is 0 Å². The number of rotatable bonds is 5. The lowest BCUT2D eigenvalue weighted by Gasteiger charge is -2.25. The smallest absolute Gasteiger partial charge is 0.0320 e. The second-order valence-electron chi connectivity index (χ2n) is 5.80. The number of nitrogens with zero attached hydrogens (tertiary/aromatic N) is 2. The summed E-state index contributed by atoms with van der Waals surface area (Å²) >= 11 is 0. The predicted octanol–water partition coefficient (Wildman–Crippen LogP) is 3.01. The van der Waals surface area contributed by atoms with E-state index in [0.29, 0.717) is 12.1 Å². The molecule has 0 radical (unpaired) electrons. The zero-order chi connectivity index (χ0) is 14.5. The molecule has 2 heterocycles. The second-order valence-corrected chi connectivity index (χ2v) is 5.80. The van der Waals surface area contributed by atoms with Crippen LogP contribution in [0.5, 0.6) is 0 Å². The fourth-order valence-corrected chi connectivity index (χ4v) is 3.01. The molecule has 1 aliphatic heterocycles. The molecule has 21 heavy (non-hydrogen) atoms. The van der Waals surface area contributed by atoms with Crippen LogP contribution in [0.4, 0.5) is 0 Å². The number of hydrogen-bond acceptors (Lipinski definition) is 3. The third kappa shape index (κ3) is 3.69. The van der Waals surface area contributed by atoms with Crippen molar-refractivity contribution in [2.75, 3.05) is 13.1 Å². The van der Waals surface area contributed by atoms with Gasteiger partial charge in [0, 0.05) is 44.1 Å². The molecular weight excluding hydrogens is 258 g/mol. The molecular formula is C18H23N3. The number of benzene rings is 1. The Morgan fingerprint density at radius 3 is 2.71 bits per heavy atom. The van der Waals surface area contributed by atoms with Gasteiger partial charge in [-0.1, -0.05) is 30.3 Å². The highest BCUT2D eigenvalue weighted by Crippen LogP contribution is 2.24. The first-order valence-electron chi connectivity index (χ1n) is 7.74. The van der Waals surface area contributed by atoms with Crippen molar-refractivity contribution in [3.05, 3.63) is 66.0 Å². The van der Waals surface area contributed by atoms with Crippen LogP contribution < -0.4 is 5.32 Å². The summed E-state index contributed by atoms with van der Waals surface area (Å²) in [5.41, 5.74) is 2.71. The largest absolute Gasteiger partial charge is 0.309 e. The topological polar surface area (TPSA) is 28.2 Å². The van der Waals surface area contributed by atoms with Crippen molar-refractivity contribution in [1.82, 2.24) is 15.2 Å². The molecule has 1 aromatic heterocycles. The Morgan fingerprint density at radius 1 is 1.19 bits per heavy atom. The molecule has 0 spiro atoms. The van der Waals surface area contributed by atoms with E-state index in [1.54, 1.807) is 0 Å². The minimum Gasteiger partial charge on any atom is -0.309 e. The molecule has 3 nitrogen and oxygen atoms in total. The summed E-state index contributed by atoms with van der Waals surface area (Å²) in [5.74, 6) is 0. The van der Waals surface area contributed by atoms with Gasteiger partial charge in [0.25, 0.3) is 0 Å². The van der Waals surface area contributed by atoms with Crippen molar-refractivity contribution in [2.45, 2.75) is 32.0 Å². The van der Waals surface area contributed by atoms with E-state index in [9.17, 15) is 0 Å². The lowest BCUT2D eigenvalue weighted by Crippen LogP contribution is -2.33. The molecule has 0 aliphatic carbocycles. The van der Waals surface area contributed by atoms with E-state index >= 15 is 0 Å². The van der Waals surface area contributed by atoms with Gasteiger partial charge in [0.1, 0.15) is 0 Å².